The van der Waals surface area contributed by atoms with Crippen molar-refractivity contribution in [3.63, 3.8) is 0 Å². The molecule has 0 aliphatic carbocycles. The average molecular weight is 465 g/mol. The van der Waals surface area contributed by atoms with Crippen molar-refractivity contribution in [3.05, 3.63) is 63.6 Å². The highest BCUT2D eigenvalue weighted by atomic mass is 35.5. The fourth-order valence-corrected chi connectivity index (χ4v) is 3.48. The molecule has 2 rings (SSSR count). The van der Waals surface area contributed by atoms with Gasteiger partial charge >= 0.3 is 0 Å². The summed E-state index contributed by atoms with van der Waals surface area (Å²) in [5, 5.41) is 4.12. The van der Waals surface area contributed by atoms with E-state index in [1.165, 1.54) is 0 Å². The van der Waals surface area contributed by atoms with Crippen LogP contribution < -0.4 is 10.1 Å². The lowest BCUT2D eigenvalue weighted by Crippen LogP contribution is -2.50. The van der Waals surface area contributed by atoms with E-state index in [0.717, 1.165) is 24.0 Å². The maximum absolute atomic E-state index is 13.2. The Balaban J connectivity index is 2.20. The summed E-state index contributed by atoms with van der Waals surface area (Å²) >= 11 is 12.4. The summed E-state index contributed by atoms with van der Waals surface area (Å²) in [5.41, 5.74) is 1.64. The van der Waals surface area contributed by atoms with Gasteiger partial charge in [0.25, 0.3) is 5.91 Å². The first-order chi connectivity index (χ1) is 14.9. The maximum Gasteiger partial charge on any atom is 0.261 e. The third-order valence-electron chi connectivity index (χ3n) is 5.01. The standard InChI is InChI=1S/C24H30Cl2N2O3/c1-4-6-13-27-24(30)22(5-2)28(15-18-9-7-8-10-21(18)26)23(29)16-31-19-11-12-20(25)17(3)14-19/h7-12,14,22H,4-6,13,15-16H2,1-3H3,(H,27,30)/t22-/m1/s1. The first kappa shape index (κ1) is 25.0. The molecule has 0 saturated heterocycles. The lowest BCUT2D eigenvalue weighted by Gasteiger charge is -2.31. The Kier molecular flexibility index (Phi) is 10.2. The fourth-order valence-electron chi connectivity index (χ4n) is 3.17. The number of aryl methyl sites for hydroxylation is 1. The molecule has 0 heterocycles. The van der Waals surface area contributed by atoms with Crippen LogP contribution in [0.2, 0.25) is 10.0 Å². The smallest absolute Gasteiger partial charge is 0.261 e. The monoisotopic (exact) mass is 464 g/mol. The van der Waals surface area contributed by atoms with Crippen LogP contribution in [-0.4, -0.2) is 35.9 Å². The molecular formula is C24H30Cl2N2O3. The fraction of sp³-hybridized carbons (Fsp3) is 0.417. The van der Waals surface area contributed by atoms with Crippen LogP contribution in [0.5, 0.6) is 5.75 Å². The number of unbranched alkanes of at least 4 members (excludes halogenated alkanes) is 1. The van der Waals surface area contributed by atoms with E-state index in [-0.39, 0.29) is 25.0 Å². The molecule has 0 aromatic heterocycles. The molecule has 0 fully saturated rings. The predicted molar refractivity (Wildman–Crippen MR) is 126 cm³/mol. The van der Waals surface area contributed by atoms with Gasteiger partial charge < -0.3 is 15.0 Å². The normalized spacial score (nSPS) is 11.6. The summed E-state index contributed by atoms with van der Waals surface area (Å²) in [5.74, 6) is 0.0945. The van der Waals surface area contributed by atoms with Crippen LogP contribution in [0.25, 0.3) is 0 Å². The summed E-state index contributed by atoms with van der Waals surface area (Å²) in [6.45, 7) is 6.44. The second kappa shape index (κ2) is 12.6. The first-order valence-electron chi connectivity index (χ1n) is 10.6. The largest absolute Gasteiger partial charge is 0.484 e. The molecule has 5 nitrogen and oxygen atoms in total. The molecule has 0 aliphatic heterocycles. The van der Waals surface area contributed by atoms with E-state index in [2.05, 4.69) is 12.2 Å². The molecule has 31 heavy (non-hydrogen) atoms. The molecule has 0 saturated carbocycles. The predicted octanol–water partition coefficient (Wildman–Crippen LogP) is 5.40. The Labute approximate surface area is 194 Å². The summed E-state index contributed by atoms with van der Waals surface area (Å²) in [7, 11) is 0. The molecule has 2 aromatic carbocycles. The Morgan fingerprint density at radius 3 is 2.48 bits per heavy atom. The number of carbonyl (C=O) groups is 2. The Morgan fingerprint density at radius 1 is 1.10 bits per heavy atom. The number of hydrogen-bond acceptors (Lipinski definition) is 3. The van der Waals surface area contributed by atoms with Gasteiger partial charge in [-0.15, -0.1) is 0 Å². The van der Waals surface area contributed by atoms with Gasteiger partial charge in [-0.25, -0.2) is 0 Å². The average Bonchev–Trinajstić information content (AvgIpc) is 2.75. The van der Waals surface area contributed by atoms with Crippen LogP contribution in [0, 0.1) is 6.92 Å². The third kappa shape index (κ3) is 7.44. The van der Waals surface area contributed by atoms with Gasteiger partial charge in [-0.3, -0.25) is 9.59 Å². The highest BCUT2D eigenvalue weighted by molar-refractivity contribution is 6.31. The van der Waals surface area contributed by atoms with Crippen molar-refractivity contribution < 1.29 is 14.3 Å². The number of nitrogens with one attached hydrogen (secondary N) is 1. The van der Waals surface area contributed by atoms with Crippen LogP contribution in [-0.2, 0) is 16.1 Å². The molecule has 0 spiro atoms. The molecular weight excluding hydrogens is 435 g/mol. The second-order valence-electron chi connectivity index (χ2n) is 7.38. The van der Waals surface area contributed by atoms with Crippen molar-refractivity contribution in [3.8, 4) is 5.75 Å². The second-order valence-corrected chi connectivity index (χ2v) is 8.20. The molecule has 2 amide bonds. The number of nitrogens with zero attached hydrogens (tertiary/aromatic N) is 1. The van der Waals surface area contributed by atoms with E-state index in [1.54, 1.807) is 29.2 Å². The molecule has 1 atom stereocenters. The van der Waals surface area contributed by atoms with Crippen molar-refractivity contribution in [2.75, 3.05) is 13.2 Å². The van der Waals surface area contributed by atoms with E-state index in [9.17, 15) is 9.59 Å². The zero-order valence-electron chi connectivity index (χ0n) is 18.3. The minimum absolute atomic E-state index is 0.168. The van der Waals surface area contributed by atoms with Crippen LogP contribution in [0.4, 0.5) is 0 Å². The van der Waals surface area contributed by atoms with Crippen molar-refractivity contribution >= 4 is 35.0 Å². The molecule has 0 radical (unpaired) electrons. The third-order valence-corrected chi connectivity index (χ3v) is 5.80. The minimum Gasteiger partial charge on any atom is -0.484 e. The molecule has 7 heteroatoms. The lowest BCUT2D eigenvalue weighted by atomic mass is 10.1. The summed E-state index contributed by atoms with van der Waals surface area (Å²) < 4.78 is 5.71. The Hall–Kier alpha value is -2.24. The van der Waals surface area contributed by atoms with Crippen molar-refractivity contribution in [1.29, 1.82) is 0 Å². The van der Waals surface area contributed by atoms with Crippen LogP contribution in [0.1, 0.15) is 44.2 Å². The molecule has 168 valence electrons. The number of amides is 2. The van der Waals surface area contributed by atoms with Gasteiger partial charge in [-0.05, 0) is 55.2 Å². The van der Waals surface area contributed by atoms with Crippen LogP contribution in [0.15, 0.2) is 42.5 Å². The first-order valence-corrected chi connectivity index (χ1v) is 11.3. The zero-order valence-corrected chi connectivity index (χ0v) is 19.8. The minimum atomic E-state index is -0.615. The molecule has 0 aliphatic rings. The highest BCUT2D eigenvalue weighted by Gasteiger charge is 2.29. The molecule has 0 unspecified atom stereocenters. The van der Waals surface area contributed by atoms with Crippen LogP contribution >= 0.6 is 23.2 Å². The van der Waals surface area contributed by atoms with Gasteiger partial charge in [0.15, 0.2) is 6.61 Å². The van der Waals surface area contributed by atoms with E-state index >= 15 is 0 Å². The topological polar surface area (TPSA) is 58.6 Å². The number of hydrogen-bond donors (Lipinski definition) is 1. The Bertz CT molecular complexity index is 889. The SMILES string of the molecule is CCCCNC(=O)[C@@H](CC)N(Cc1ccccc1Cl)C(=O)COc1ccc(Cl)c(C)c1. The van der Waals surface area contributed by atoms with Crippen molar-refractivity contribution in [1.82, 2.24) is 10.2 Å². The summed E-state index contributed by atoms with van der Waals surface area (Å²) in [6, 6.07) is 11.9. The van der Waals surface area contributed by atoms with Gasteiger partial charge in [-0.2, -0.15) is 0 Å². The molecule has 0 bridgehead atoms. The molecule has 2 aromatic rings. The van der Waals surface area contributed by atoms with E-state index in [4.69, 9.17) is 27.9 Å². The number of rotatable bonds is 11. The lowest BCUT2D eigenvalue weighted by molar-refractivity contribution is -0.143. The highest BCUT2D eigenvalue weighted by Crippen LogP contribution is 2.22. The zero-order chi connectivity index (χ0) is 22.8. The van der Waals surface area contributed by atoms with Gasteiger partial charge in [0.05, 0.1) is 0 Å². The Morgan fingerprint density at radius 2 is 1.84 bits per heavy atom. The van der Waals surface area contributed by atoms with Crippen molar-refractivity contribution in [2.45, 2.75) is 52.6 Å². The van der Waals surface area contributed by atoms with Gasteiger partial charge in [-0.1, -0.05) is 61.7 Å². The quantitative estimate of drug-likeness (QED) is 0.452. The van der Waals surface area contributed by atoms with E-state index in [1.807, 2.05) is 32.0 Å². The number of halogens is 2. The van der Waals surface area contributed by atoms with Crippen LogP contribution in [0.3, 0.4) is 0 Å². The maximum atomic E-state index is 13.2. The number of ether oxygens (including phenoxy) is 1. The van der Waals surface area contributed by atoms with Gasteiger partial charge in [0, 0.05) is 23.1 Å². The number of benzene rings is 2. The summed E-state index contributed by atoms with van der Waals surface area (Å²) in [6.07, 6.45) is 2.35. The number of carbonyl (C=O) groups excluding carboxylic acids is 2. The van der Waals surface area contributed by atoms with E-state index < -0.39 is 6.04 Å². The van der Waals surface area contributed by atoms with Crippen molar-refractivity contribution in [2.24, 2.45) is 0 Å². The van der Waals surface area contributed by atoms with Gasteiger partial charge in [0.1, 0.15) is 11.8 Å². The summed E-state index contributed by atoms with van der Waals surface area (Å²) in [4.78, 5) is 27.6. The van der Waals surface area contributed by atoms with Gasteiger partial charge in [0.2, 0.25) is 5.91 Å². The van der Waals surface area contributed by atoms with E-state index in [0.29, 0.717) is 28.8 Å². The molecule has 1 N–H and O–H groups in total.